The Morgan fingerprint density at radius 2 is 1.12 bits per heavy atom. The van der Waals surface area contributed by atoms with Gasteiger partial charge in [0, 0.05) is 12.5 Å². The molecule has 0 aliphatic rings. The highest BCUT2D eigenvalue weighted by Gasteiger charge is 2.41. The van der Waals surface area contributed by atoms with Crippen LogP contribution in [0, 0.1) is 0 Å². The molecular formula is C23H25NO. The van der Waals surface area contributed by atoms with E-state index in [1.54, 1.807) is 0 Å². The molecule has 0 unspecified atom stereocenters. The van der Waals surface area contributed by atoms with Crippen molar-refractivity contribution in [3.8, 4) is 0 Å². The Hall–Kier alpha value is -2.42. The molecule has 0 radical (unpaired) electrons. The van der Waals surface area contributed by atoms with Gasteiger partial charge in [0.1, 0.15) is 5.60 Å². The summed E-state index contributed by atoms with van der Waals surface area (Å²) in [6.07, 6.45) is 0. The third kappa shape index (κ3) is 3.65. The van der Waals surface area contributed by atoms with E-state index in [4.69, 9.17) is 0 Å². The third-order valence-electron chi connectivity index (χ3n) is 4.68. The maximum absolute atomic E-state index is 12.1. The minimum atomic E-state index is -1.10. The Bertz CT molecular complexity index is 729. The molecule has 1 N–H and O–H groups in total. The SMILES string of the molecule is CN(C)C[C@@H](c1ccccc1)C(O)(c1ccccc1)c1ccccc1. The summed E-state index contributed by atoms with van der Waals surface area (Å²) in [6, 6.07) is 30.3. The first kappa shape index (κ1) is 17.4. The number of hydrogen-bond donors (Lipinski definition) is 1. The fraction of sp³-hybridized carbons (Fsp3) is 0.217. The van der Waals surface area contributed by atoms with E-state index < -0.39 is 5.60 Å². The van der Waals surface area contributed by atoms with Crippen LogP contribution in [0.1, 0.15) is 22.6 Å². The van der Waals surface area contributed by atoms with Crippen molar-refractivity contribution in [3.05, 3.63) is 108 Å². The quantitative estimate of drug-likeness (QED) is 0.729. The Morgan fingerprint density at radius 3 is 1.52 bits per heavy atom. The van der Waals surface area contributed by atoms with Gasteiger partial charge in [-0.05, 0) is 30.8 Å². The highest BCUT2D eigenvalue weighted by Crippen LogP contribution is 2.42. The standard InChI is InChI=1S/C23H25NO/c1-24(2)18-22(19-12-6-3-7-13-19)23(25,20-14-8-4-9-15-20)21-16-10-5-11-17-21/h3-17,22,25H,18H2,1-2H3/t22-/m0/s1. The van der Waals surface area contributed by atoms with E-state index in [0.717, 1.165) is 23.2 Å². The van der Waals surface area contributed by atoms with Crippen molar-refractivity contribution in [2.75, 3.05) is 20.6 Å². The number of aliphatic hydroxyl groups is 1. The third-order valence-corrected chi connectivity index (χ3v) is 4.68. The van der Waals surface area contributed by atoms with Gasteiger partial charge >= 0.3 is 0 Å². The molecule has 3 aromatic rings. The molecule has 1 atom stereocenters. The highest BCUT2D eigenvalue weighted by atomic mass is 16.3. The van der Waals surface area contributed by atoms with Gasteiger partial charge < -0.3 is 10.0 Å². The van der Waals surface area contributed by atoms with Crippen molar-refractivity contribution >= 4 is 0 Å². The molecule has 2 heteroatoms. The van der Waals surface area contributed by atoms with Gasteiger partial charge in [0.05, 0.1) is 0 Å². The predicted octanol–water partition coefficient (Wildman–Crippen LogP) is 4.27. The molecule has 0 aliphatic carbocycles. The van der Waals surface area contributed by atoms with Gasteiger partial charge in [0.2, 0.25) is 0 Å². The van der Waals surface area contributed by atoms with Crippen LogP contribution in [0.2, 0.25) is 0 Å². The molecule has 0 aromatic heterocycles. The van der Waals surface area contributed by atoms with E-state index in [9.17, 15) is 5.11 Å². The molecule has 0 saturated carbocycles. The molecule has 0 bridgehead atoms. The molecule has 25 heavy (non-hydrogen) atoms. The maximum Gasteiger partial charge on any atom is 0.123 e. The normalized spacial score (nSPS) is 13.0. The Morgan fingerprint density at radius 1 is 0.720 bits per heavy atom. The largest absolute Gasteiger partial charge is 0.380 e. The maximum atomic E-state index is 12.1. The number of benzene rings is 3. The van der Waals surface area contributed by atoms with E-state index in [0.29, 0.717) is 0 Å². The molecule has 0 saturated heterocycles. The van der Waals surface area contributed by atoms with E-state index in [1.807, 2.05) is 93.0 Å². The van der Waals surface area contributed by atoms with Crippen LogP contribution < -0.4 is 0 Å². The van der Waals surface area contributed by atoms with Crippen molar-refractivity contribution in [1.29, 1.82) is 0 Å². The molecule has 0 amide bonds. The molecule has 0 spiro atoms. The molecule has 3 aromatic carbocycles. The van der Waals surface area contributed by atoms with Gasteiger partial charge in [0.15, 0.2) is 0 Å². The van der Waals surface area contributed by atoms with Gasteiger partial charge in [-0.1, -0.05) is 91.0 Å². The van der Waals surface area contributed by atoms with Gasteiger partial charge in [0.25, 0.3) is 0 Å². The fourth-order valence-corrected chi connectivity index (χ4v) is 3.48. The van der Waals surface area contributed by atoms with Crippen molar-refractivity contribution in [2.45, 2.75) is 11.5 Å². The first-order valence-corrected chi connectivity index (χ1v) is 8.65. The number of nitrogens with zero attached hydrogens (tertiary/aromatic N) is 1. The van der Waals surface area contributed by atoms with Crippen molar-refractivity contribution in [1.82, 2.24) is 4.90 Å². The zero-order valence-corrected chi connectivity index (χ0v) is 14.8. The second-order valence-electron chi connectivity index (χ2n) is 6.72. The lowest BCUT2D eigenvalue weighted by Gasteiger charge is -2.39. The highest BCUT2D eigenvalue weighted by molar-refractivity contribution is 5.42. The number of rotatable bonds is 6. The summed E-state index contributed by atoms with van der Waals surface area (Å²) in [6.45, 7) is 0.740. The summed E-state index contributed by atoms with van der Waals surface area (Å²) < 4.78 is 0. The zero-order valence-electron chi connectivity index (χ0n) is 14.8. The number of likely N-dealkylation sites (N-methyl/N-ethyl adjacent to an activating group) is 1. The summed E-state index contributed by atoms with van der Waals surface area (Å²) in [5, 5.41) is 12.1. The summed E-state index contributed by atoms with van der Waals surface area (Å²) in [5.41, 5.74) is 1.86. The van der Waals surface area contributed by atoms with Crippen molar-refractivity contribution in [3.63, 3.8) is 0 Å². The Balaban J connectivity index is 2.21. The lowest BCUT2D eigenvalue weighted by atomic mass is 9.72. The molecular weight excluding hydrogens is 306 g/mol. The van der Waals surface area contributed by atoms with Crippen LogP contribution >= 0.6 is 0 Å². The van der Waals surface area contributed by atoms with Crippen LogP contribution in [0.15, 0.2) is 91.0 Å². The average molecular weight is 331 g/mol. The summed E-state index contributed by atoms with van der Waals surface area (Å²) >= 11 is 0. The topological polar surface area (TPSA) is 23.5 Å². The van der Waals surface area contributed by atoms with Crippen LogP contribution in [-0.2, 0) is 5.60 Å². The van der Waals surface area contributed by atoms with Crippen LogP contribution in [0.25, 0.3) is 0 Å². The van der Waals surface area contributed by atoms with Crippen molar-refractivity contribution < 1.29 is 5.11 Å². The zero-order chi connectivity index (χ0) is 17.7. The van der Waals surface area contributed by atoms with Gasteiger partial charge in [-0.3, -0.25) is 0 Å². The Kier molecular flexibility index (Phi) is 5.32. The van der Waals surface area contributed by atoms with Crippen LogP contribution in [0.5, 0.6) is 0 Å². The average Bonchev–Trinajstić information content (AvgIpc) is 2.67. The van der Waals surface area contributed by atoms with Gasteiger partial charge in [-0.15, -0.1) is 0 Å². The van der Waals surface area contributed by atoms with Crippen LogP contribution in [-0.4, -0.2) is 30.6 Å². The lowest BCUT2D eigenvalue weighted by molar-refractivity contribution is 0.0395. The smallest absolute Gasteiger partial charge is 0.123 e. The van der Waals surface area contributed by atoms with E-state index in [2.05, 4.69) is 17.0 Å². The molecule has 128 valence electrons. The Labute approximate surface area is 150 Å². The summed E-state index contributed by atoms with van der Waals surface area (Å²) in [7, 11) is 4.10. The second-order valence-corrected chi connectivity index (χ2v) is 6.72. The fourth-order valence-electron chi connectivity index (χ4n) is 3.48. The predicted molar refractivity (Wildman–Crippen MR) is 104 cm³/mol. The van der Waals surface area contributed by atoms with Gasteiger partial charge in [-0.2, -0.15) is 0 Å². The lowest BCUT2D eigenvalue weighted by Crippen LogP contribution is -2.40. The minimum Gasteiger partial charge on any atom is -0.380 e. The molecule has 0 fully saturated rings. The molecule has 0 heterocycles. The first-order valence-electron chi connectivity index (χ1n) is 8.65. The van der Waals surface area contributed by atoms with E-state index in [1.165, 1.54) is 0 Å². The van der Waals surface area contributed by atoms with E-state index >= 15 is 0 Å². The molecule has 0 aliphatic heterocycles. The molecule has 3 rings (SSSR count). The van der Waals surface area contributed by atoms with Crippen molar-refractivity contribution in [2.24, 2.45) is 0 Å². The number of hydrogen-bond acceptors (Lipinski definition) is 2. The summed E-state index contributed by atoms with van der Waals surface area (Å²) in [5.74, 6) is -0.0894. The van der Waals surface area contributed by atoms with Crippen LogP contribution in [0.4, 0.5) is 0 Å². The van der Waals surface area contributed by atoms with E-state index in [-0.39, 0.29) is 5.92 Å². The molecule has 2 nitrogen and oxygen atoms in total. The second kappa shape index (κ2) is 7.64. The van der Waals surface area contributed by atoms with Crippen LogP contribution in [0.3, 0.4) is 0 Å². The first-order chi connectivity index (χ1) is 12.1. The minimum absolute atomic E-state index is 0.0894. The monoisotopic (exact) mass is 331 g/mol. The van der Waals surface area contributed by atoms with Gasteiger partial charge in [-0.25, -0.2) is 0 Å². The summed E-state index contributed by atoms with van der Waals surface area (Å²) in [4.78, 5) is 2.13.